The maximum absolute atomic E-state index is 12.1. The summed E-state index contributed by atoms with van der Waals surface area (Å²) >= 11 is 0. The van der Waals surface area contributed by atoms with Crippen molar-refractivity contribution < 1.29 is 4.79 Å². The van der Waals surface area contributed by atoms with Crippen LogP contribution in [0.4, 0.5) is 0 Å². The summed E-state index contributed by atoms with van der Waals surface area (Å²) in [5.41, 5.74) is 3.52. The van der Waals surface area contributed by atoms with Crippen LogP contribution in [-0.4, -0.2) is 40.3 Å². The van der Waals surface area contributed by atoms with Gasteiger partial charge >= 0.3 is 0 Å². The molecule has 0 N–H and O–H groups in total. The van der Waals surface area contributed by atoms with E-state index in [2.05, 4.69) is 46.3 Å². The SMILES string of the molecule is CC(=O)N1CCN(Cc2ccc3ncccc3c2)C[C@H]1c1ccccc1. The molecule has 1 saturated heterocycles. The number of fused-ring (bicyclic) bond motifs is 1. The number of pyridine rings is 1. The van der Waals surface area contributed by atoms with E-state index in [1.54, 1.807) is 6.92 Å². The Kier molecular flexibility index (Phi) is 4.67. The van der Waals surface area contributed by atoms with Crippen molar-refractivity contribution in [1.82, 2.24) is 14.8 Å². The van der Waals surface area contributed by atoms with Gasteiger partial charge in [0.15, 0.2) is 0 Å². The lowest BCUT2D eigenvalue weighted by Gasteiger charge is -2.41. The largest absolute Gasteiger partial charge is 0.333 e. The standard InChI is InChI=1S/C22H23N3O/c1-17(26)25-13-12-24(16-22(25)19-6-3-2-4-7-19)15-18-9-10-21-20(14-18)8-5-11-23-21/h2-11,14,22H,12-13,15-16H2,1H3/t22-/m0/s1. The van der Waals surface area contributed by atoms with Gasteiger partial charge in [-0.2, -0.15) is 0 Å². The molecule has 132 valence electrons. The van der Waals surface area contributed by atoms with Crippen molar-refractivity contribution in [3.8, 4) is 0 Å². The van der Waals surface area contributed by atoms with Gasteiger partial charge in [0.1, 0.15) is 0 Å². The van der Waals surface area contributed by atoms with Crippen molar-refractivity contribution in [1.29, 1.82) is 0 Å². The van der Waals surface area contributed by atoms with E-state index in [0.29, 0.717) is 0 Å². The molecular formula is C22H23N3O. The van der Waals surface area contributed by atoms with Gasteiger partial charge in [-0.3, -0.25) is 14.7 Å². The van der Waals surface area contributed by atoms with Gasteiger partial charge in [0, 0.05) is 44.7 Å². The minimum absolute atomic E-state index is 0.115. The van der Waals surface area contributed by atoms with Gasteiger partial charge in [-0.1, -0.05) is 42.5 Å². The van der Waals surface area contributed by atoms with Crippen LogP contribution in [0.1, 0.15) is 24.1 Å². The first-order valence-corrected chi connectivity index (χ1v) is 9.09. The van der Waals surface area contributed by atoms with E-state index >= 15 is 0 Å². The van der Waals surface area contributed by atoms with E-state index in [9.17, 15) is 4.79 Å². The van der Waals surface area contributed by atoms with Gasteiger partial charge in [0.25, 0.3) is 0 Å². The van der Waals surface area contributed by atoms with Crippen LogP contribution in [0.2, 0.25) is 0 Å². The Bertz CT molecular complexity index is 909. The minimum Gasteiger partial charge on any atom is -0.333 e. The topological polar surface area (TPSA) is 36.4 Å². The molecule has 3 aromatic rings. The van der Waals surface area contributed by atoms with Crippen molar-refractivity contribution in [2.75, 3.05) is 19.6 Å². The normalized spacial score (nSPS) is 18.2. The average Bonchev–Trinajstić information content (AvgIpc) is 2.68. The summed E-state index contributed by atoms with van der Waals surface area (Å²) in [4.78, 5) is 20.9. The van der Waals surface area contributed by atoms with E-state index < -0.39 is 0 Å². The Morgan fingerprint density at radius 3 is 2.73 bits per heavy atom. The first-order chi connectivity index (χ1) is 12.7. The van der Waals surface area contributed by atoms with Gasteiger partial charge in [-0.15, -0.1) is 0 Å². The molecule has 0 radical (unpaired) electrons. The second-order valence-corrected chi connectivity index (χ2v) is 6.90. The molecule has 1 amide bonds. The van der Waals surface area contributed by atoms with Crippen LogP contribution in [-0.2, 0) is 11.3 Å². The Balaban J connectivity index is 1.54. The lowest BCUT2D eigenvalue weighted by atomic mass is 10.0. The van der Waals surface area contributed by atoms with Gasteiger partial charge in [0.05, 0.1) is 11.6 Å². The molecule has 1 aromatic heterocycles. The molecular weight excluding hydrogens is 322 g/mol. The van der Waals surface area contributed by atoms with Crippen LogP contribution in [0.15, 0.2) is 66.9 Å². The average molecular weight is 345 g/mol. The lowest BCUT2D eigenvalue weighted by molar-refractivity contribution is -0.134. The molecule has 0 unspecified atom stereocenters. The van der Waals surface area contributed by atoms with Crippen molar-refractivity contribution in [2.45, 2.75) is 19.5 Å². The maximum atomic E-state index is 12.1. The van der Waals surface area contributed by atoms with E-state index in [1.165, 1.54) is 16.5 Å². The fourth-order valence-electron chi connectivity index (χ4n) is 3.80. The third-order valence-corrected chi connectivity index (χ3v) is 5.13. The zero-order chi connectivity index (χ0) is 17.9. The molecule has 2 heterocycles. The number of benzene rings is 2. The minimum atomic E-state index is 0.115. The summed E-state index contributed by atoms with van der Waals surface area (Å²) < 4.78 is 0. The number of rotatable bonds is 3. The van der Waals surface area contributed by atoms with Crippen molar-refractivity contribution in [3.63, 3.8) is 0 Å². The molecule has 2 aromatic carbocycles. The zero-order valence-electron chi connectivity index (χ0n) is 15.0. The third kappa shape index (κ3) is 3.46. The number of carbonyl (C=O) groups excluding carboxylic acids is 1. The number of aromatic nitrogens is 1. The van der Waals surface area contributed by atoms with Crippen LogP contribution in [0.25, 0.3) is 10.9 Å². The van der Waals surface area contributed by atoms with Crippen LogP contribution in [0.3, 0.4) is 0 Å². The highest BCUT2D eigenvalue weighted by atomic mass is 16.2. The summed E-state index contributed by atoms with van der Waals surface area (Å²) in [7, 11) is 0. The molecule has 4 rings (SSSR count). The molecule has 1 aliphatic rings. The fourth-order valence-corrected chi connectivity index (χ4v) is 3.80. The van der Waals surface area contributed by atoms with Crippen LogP contribution < -0.4 is 0 Å². The van der Waals surface area contributed by atoms with Crippen molar-refractivity contribution in [2.24, 2.45) is 0 Å². The second-order valence-electron chi connectivity index (χ2n) is 6.90. The summed E-state index contributed by atoms with van der Waals surface area (Å²) in [6.07, 6.45) is 1.83. The molecule has 0 aliphatic carbocycles. The van der Waals surface area contributed by atoms with Crippen molar-refractivity contribution in [3.05, 3.63) is 78.0 Å². The van der Waals surface area contributed by atoms with Gasteiger partial charge < -0.3 is 4.90 Å². The number of piperazine rings is 1. The van der Waals surface area contributed by atoms with Crippen molar-refractivity contribution >= 4 is 16.8 Å². The molecule has 1 fully saturated rings. The number of hydrogen-bond acceptors (Lipinski definition) is 3. The molecule has 0 saturated carbocycles. The van der Waals surface area contributed by atoms with Crippen LogP contribution in [0.5, 0.6) is 0 Å². The Morgan fingerprint density at radius 1 is 1.08 bits per heavy atom. The lowest BCUT2D eigenvalue weighted by Crippen LogP contribution is -2.49. The third-order valence-electron chi connectivity index (χ3n) is 5.13. The number of carbonyl (C=O) groups is 1. The highest BCUT2D eigenvalue weighted by Gasteiger charge is 2.29. The molecule has 4 heteroatoms. The number of hydrogen-bond donors (Lipinski definition) is 0. The summed E-state index contributed by atoms with van der Waals surface area (Å²) in [5.74, 6) is 0.148. The quantitative estimate of drug-likeness (QED) is 0.727. The van der Waals surface area contributed by atoms with Crippen LogP contribution in [0, 0.1) is 0 Å². The molecule has 1 atom stereocenters. The summed E-state index contributed by atoms with van der Waals surface area (Å²) in [6, 6.07) is 21.0. The summed E-state index contributed by atoms with van der Waals surface area (Å²) in [5, 5.41) is 1.17. The second kappa shape index (κ2) is 7.26. The number of nitrogens with zero attached hydrogens (tertiary/aromatic N) is 3. The summed E-state index contributed by atoms with van der Waals surface area (Å²) in [6.45, 7) is 5.08. The first-order valence-electron chi connectivity index (χ1n) is 9.09. The van der Waals surface area contributed by atoms with Gasteiger partial charge in [-0.25, -0.2) is 0 Å². The Morgan fingerprint density at radius 2 is 1.92 bits per heavy atom. The number of amides is 1. The molecule has 4 nitrogen and oxygen atoms in total. The van der Waals surface area contributed by atoms with E-state index in [1.807, 2.05) is 35.4 Å². The van der Waals surface area contributed by atoms with E-state index in [0.717, 1.165) is 31.7 Å². The maximum Gasteiger partial charge on any atom is 0.220 e. The Labute approximate surface area is 154 Å². The van der Waals surface area contributed by atoms with Gasteiger partial charge in [0.2, 0.25) is 5.91 Å². The highest BCUT2D eigenvalue weighted by Crippen LogP contribution is 2.26. The zero-order valence-corrected chi connectivity index (χ0v) is 15.0. The molecule has 26 heavy (non-hydrogen) atoms. The predicted molar refractivity (Wildman–Crippen MR) is 104 cm³/mol. The fraction of sp³-hybridized carbons (Fsp3) is 0.273. The predicted octanol–water partition coefficient (Wildman–Crippen LogP) is 3.64. The molecule has 1 aliphatic heterocycles. The molecule has 0 spiro atoms. The monoisotopic (exact) mass is 345 g/mol. The smallest absolute Gasteiger partial charge is 0.220 e. The van der Waals surface area contributed by atoms with E-state index in [4.69, 9.17) is 0 Å². The highest BCUT2D eigenvalue weighted by molar-refractivity contribution is 5.78. The van der Waals surface area contributed by atoms with Gasteiger partial charge in [-0.05, 0) is 29.3 Å². The Hall–Kier alpha value is -2.72. The molecule has 0 bridgehead atoms. The first kappa shape index (κ1) is 16.7. The van der Waals surface area contributed by atoms with E-state index in [-0.39, 0.29) is 11.9 Å². The van der Waals surface area contributed by atoms with Crippen LogP contribution >= 0.6 is 0 Å².